The van der Waals surface area contributed by atoms with Gasteiger partial charge in [-0.2, -0.15) is 0 Å². The van der Waals surface area contributed by atoms with Crippen molar-refractivity contribution >= 4 is 13.7 Å². The fraction of sp³-hybridized carbons (Fsp3) is 0.647. The third kappa shape index (κ3) is 3.25. The van der Waals surface area contributed by atoms with Gasteiger partial charge in [-0.3, -0.25) is 0 Å². The highest BCUT2D eigenvalue weighted by Gasteiger charge is 2.32. The zero-order valence-corrected chi connectivity index (χ0v) is 14.3. The second kappa shape index (κ2) is 6.13. The Hall–Kier alpha value is -1.20. The van der Waals surface area contributed by atoms with E-state index < -0.39 is 0 Å². The lowest BCUT2D eigenvalue weighted by atomic mass is 9.98. The third-order valence-electron chi connectivity index (χ3n) is 4.67. The maximum Gasteiger partial charge on any atom is 0.185 e. The van der Waals surface area contributed by atoms with Crippen molar-refractivity contribution in [2.24, 2.45) is 0 Å². The predicted octanol–water partition coefficient (Wildman–Crippen LogP) is 1.26. The van der Waals surface area contributed by atoms with Gasteiger partial charge in [-0.05, 0) is 63.0 Å². The molecule has 2 heterocycles. The quantitative estimate of drug-likeness (QED) is 0.785. The average Bonchev–Trinajstić information content (AvgIpc) is 2.64. The number of anilines is 1. The van der Waals surface area contributed by atoms with E-state index in [2.05, 4.69) is 43.7 Å². The maximum atomic E-state index is 6.27. The van der Waals surface area contributed by atoms with E-state index in [4.69, 9.17) is 9.47 Å². The monoisotopic (exact) mass is 302 g/mol. The van der Waals surface area contributed by atoms with Crippen LogP contribution < -0.4 is 9.64 Å². The molecule has 120 valence electrons. The Morgan fingerprint density at radius 3 is 2.59 bits per heavy atom. The molecule has 0 bridgehead atoms. The van der Waals surface area contributed by atoms with Crippen LogP contribution in [0.3, 0.4) is 0 Å². The van der Waals surface area contributed by atoms with E-state index in [9.17, 15) is 0 Å². The standard InChI is InChI=1S/C17H27BN2O2/c1-17(2)12-19(8-9-21-3)15-10-13-4-6-20(18)7-5-14(13)11-16(15)22-17/h10-11H,4-9,12,18H2,1-3H3. The summed E-state index contributed by atoms with van der Waals surface area (Å²) in [5.41, 5.74) is 4.01. The SMILES string of the molecule is BN1CCc2cc3c(cc2CC1)N(CCOC)CC(C)(C)O3. The molecule has 1 aromatic carbocycles. The molecule has 3 rings (SSSR count). The summed E-state index contributed by atoms with van der Waals surface area (Å²) in [6, 6.07) is 4.64. The Balaban J connectivity index is 1.95. The van der Waals surface area contributed by atoms with Crippen molar-refractivity contribution < 1.29 is 9.47 Å². The van der Waals surface area contributed by atoms with E-state index >= 15 is 0 Å². The van der Waals surface area contributed by atoms with E-state index in [1.807, 2.05) is 0 Å². The lowest BCUT2D eigenvalue weighted by molar-refractivity contribution is 0.101. The van der Waals surface area contributed by atoms with Crippen LogP contribution in [-0.4, -0.2) is 58.3 Å². The topological polar surface area (TPSA) is 24.9 Å². The molecule has 0 saturated heterocycles. The number of fused-ring (bicyclic) bond motifs is 2. The lowest BCUT2D eigenvalue weighted by Gasteiger charge is -2.41. The smallest absolute Gasteiger partial charge is 0.185 e. The van der Waals surface area contributed by atoms with E-state index in [1.165, 1.54) is 16.8 Å². The molecule has 0 aromatic heterocycles. The van der Waals surface area contributed by atoms with E-state index in [0.717, 1.165) is 51.4 Å². The van der Waals surface area contributed by atoms with Crippen LogP contribution in [0.2, 0.25) is 0 Å². The maximum absolute atomic E-state index is 6.27. The number of nitrogens with zero attached hydrogens (tertiary/aromatic N) is 2. The van der Waals surface area contributed by atoms with Gasteiger partial charge in [0.1, 0.15) is 11.4 Å². The summed E-state index contributed by atoms with van der Waals surface area (Å²) in [5.74, 6) is 1.04. The van der Waals surface area contributed by atoms with Crippen molar-refractivity contribution in [2.75, 3.05) is 44.8 Å². The summed E-state index contributed by atoms with van der Waals surface area (Å²) in [6.45, 7) is 9.15. The first-order valence-corrected chi connectivity index (χ1v) is 8.26. The summed E-state index contributed by atoms with van der Waals surface area (Å²) in [6.07, 6.45) is 2.24. The van der Waals surface area contributed by atoms with Crippen molar-refractivity contribution in [3.63, 3.8) is 0 Å². The van der Waals surface area contributed by atoms with Crippen LogP contribution in [0.5, 0.6) is 5.75 Å². The Kier molecular flexibility index (Phi) is 4.37. The predicted molar refractivity (Wildman–Crippen MR) is 92.8 cm³/mol. The van der Waals surface area contributed by atoms with Gasteiger partial charge in [0.2, 0.25) is 0 Å². The zero-order chi connectivity index (χ0) is 15.7. The van der Waals surface area contributed by atoms with Crippen LogP contribution >= 0.6 is 0 Å². The van der Waals surface area contributed by atoms with E-state index in [0.29, 0.717) is 0 Å². The van der Waals surface area contributed by atoms with Gasteiger partial charge < -0.3 is 19.2 Å². The molecule has 0 amide bonds. The highest BCUT2D eigenvalue weighted by atomic mass is 16.5. The van der Waals surface area contributed by atoms with Gasteiger partial charge in [0.05, 0.1) is 18.8 Å². The molecule has 5 heteroatoms. The van der Waals surface area contributed by atoms with E-state index in [1.54, 1.807) is 7.11 Å². The van der Waals surface area contributed by atoms with Gasteiger partial charge in [0, 0.05) is 13.7 Å². The molecule has 0 saturated carbocycles. The normalized spacial score (nSPS) is 20.8. The van der Waals surface area contributed by atoms with Crippen LogP contribution in [0.4, 0.5) is 5.69 Å². The first-order chi connectivity index (χ1) is 10.5. The summed E-state index contributed by atoms with van der Waals surface area (Å²) in [5, 5.41) is 0. The lowest BCUT2D eigenvalue weighted by Crippen LogP contribution is -2.48. The van der Waals surface area contributed by atoms with Gasteiger partial charge in [0.25, 0.3) is 0 Å². The van der Waals surface area contributed by atoms with Crippen molar-refractivity contribution in [3.05, 3.63) is 23.3 Å². The highest BCUT2D eigenvalue weighted by molar-refractivity contribution is 6.04. The molecule has 1 aromatic rings. The minimum absolute atomic E-state index is 0.156. The van der Waals surface area contributed by atoms with Gasteiger partial charge in [0.15, 0.2) is 7.98 Å². The molecule has 2 aliphatic rings. The first-order valence-electron chi connectivity index (χ1n) is 8.26. The molecule has 22 heavy (non-hydrogen) atoms. The van der Waals surface area contributed by atoms with Crippen molar-refractivity contribution in [3.8, 4) is 5.75 Å². The molecular weight excluding hydrogens is 275 g/mol. The van der Waals surface area contributed by atoms with Gasteiger partial charge >= 0.3 is 0 Å². The third-order valence-corrected chi connectivity index (χ3v) is 4.67. The van der Waals surface area contributed by atoms with Crippen molar-refractivity contribution in [1.82, 2.24) is 4.81 Å². The Bertz CT molecular complexity index is 548. The second-order valence-electron chi connectivity index (χ2n) is 7.17. The summed E-state index contributed by atoms with van der Waals surface area (Å²) in [7, 11) is 3.97. The van der Waals surface area contributed by atoms with Crippen molar-refractivity contribution in [2.45, 2.75) is 32.3 Å². The fourth-order valence-corrected chi connectivity index (χ4v) is 3.46. The Morgan fingerprint density at radius 2 is 1.91 bits per heavy atom. The van der Waals surface area contributed by atoms with Crippen LogP contribution in [0, 0.1) is 0 Å². The van der Waals surface area contributed by atoms with Crippen molar-refractivity contribution in [1.29, 1.82) is 0 Å². The fourth-order valence-electron chi connectivity index (χ4n) is 3.46. The number of rotatable bonds is 3. The minimum atomic E-state index is -0.156. The molecule has 2 aliphatic heterocycles. The molecule has 0 unspecified atom stereocenters. The highest BCUT2D eigenvalue weighted by Crippen LogP contribution is 2.39. The second-order valence-corrected chi connectivity index (χ2v) is 7.17. The minimum Gasteiger partial charge on any atom is -0.484 e. The molecule has 0 N–H and O–H groups in total. The Morgan fingerprint density at radius 1 is 1.23 bits per heavy atom. The van der Waals surface area contributed by atoms with Gasteiger partial charge in [-0.1, -0.05) is 0 Å². The van der Waals surface area contributed by atoms with Crippen LogP contribution in [0.25, 0.3) is 0 Å². The average molecular weight is 302 g/mol. The molecule has 0 spiro atoms. The zero-order valence-electron chi connectivity index (χ0n) is 14.3. The molecule has 0 atom stereocenters. The molecule has 4 nitrogen and oxygen atoms in total. The van der Waals surface area contributed by atoms with E-state index in [-0.39, 0.29) is 5.60 Å². The summed E-state index contributed by atoms with van der Waals surface area (Å²) in [4.78, 5) is 4.82. The Labute approximate surface area is 134 Å². The number of hydrogen-bond donors (Lipinski definition) is 0. The number of hydrogen-bond acceptors (Lipinski definition) is 4. The molecule has 0 aliphatic carbocycles. The van der Waals surface area contributed by atoms with Gasteiger partial charge in [-0.15, -0.1) is 0 Å². The van der Waals surface area contributed by atoms with Crippen LogP contribution in [-0.2, 0) is 17.6 Å². The number of ether oxygens (including phenoxy) is 2. The van der Waals surface area contributed by atoms with Gasteiger partial charge in [-0.25, -0.2) is 0 Å². The molecule has 0 fully saturated rings. The number of benzene rings is 1. The largest absolute Gasteiger partial charge is 0.484 e. The summed E-state index contributed by atoms with van der Waals surface area (Å²) < 4.78 is 11.6. The van der Waals surface area contributed by atoms with Crippen LogP contribution in [0.15, 0.2) is 12.1 Å². The molecular formula is C17H27BN2O2. The summed E-state index contributed by atoms with van der Waals surface area (Å²) >= 11 is 0. The first kappa shape index (κ1) is 15.7. The molecule has 0 radical (unpaired) electrons. The number of methoxy groups -OCH3 is 1. The van der Waals surface area contributed by atoms with Crippen LogP contribution in [0.1, 0.15) is 25.0 Å².